The molecule has 32 heavy (non-hydrogen) atoms. The van der Waals surface area contributed by atoms with E-state index in [1.165, 1.54) is 11.1 Å². The van der Waals surface area contributed by atoms with E-state index in [4.69, 9.17) is 9.47 Å². The van der Waals surface area contributed by atoms with Crippen LogP contribution in [0.3, 0.4) is 0 Å². The molecule has 2 heterocycles. The van der Waals surface area contributed by atoms with Crippen LogP contribution in [0.1, 0.15) is 25.0 Å². The van der Waals surface area contributed by atoms with Crippen LogP contribution in [0.15, 0.2) is 48.6 Å². The molecular formula is C24H30O4S4. The Kier molecular flexibility index (Phi) is 10.0. The van der Waals surface area contributed by atoms with Gasteiger partial charge < -0.3 is 9.47 Å². The predicted octanol–water partition coefficient (Wildman–Crippen LogP) is 5.36. The van der Waals surface area contributed by atoms with Gasteiger partial charge in [0, 0.05) is 33.2 Å². The van der Waals surface area contributed by atoms with Crippen molar-refractivity contribution >= 4 is 59.0 Å². The molecule has 174 valence electrons. The van der Waals surface area contributed by atoms with E-state index in [-0.39, 0.29) is 11.9 Å². The molecule has 8 heteroatoms. The maximum atomic E-state index is 11.6. The minimum absolute atomic E-state index is 0.302. The van der Waals surface area contributed by atoms with E-state index in [9.17, 15) is 9.59 Å². The number of esters is 2. The van der Waals surface area contributed by atoms with Gasteiger partial charge in [-0.2, -0.15) is 0 Å². The Morgan fingerprint density at radius 2 is 1.25 bits per heavy atom. The molecule has 2 saturated heterocycles. The first-order valence-corrected chi connectivity index (χ1v) is 14.6. The number of ether oxygens (including phenoxy) is 2. The van der Waals surface area contributed by atoms with Crippen molar-refractivity contribution in [1.82, 2.24) is 0 Å². The molecule has 0 N–H and O–H groups in total. The number of carbonyl (C=O) groups is 2. The van der Waals surface area contributed by atoms with Crippen molar-refractivity contribution in [2.24, 2.45) is 0 Å². The van der Waals surface area contributed by atoms with E-state index in [2.05, 4.69) is 37.4 Å². The van der Waals surface area contributed by atoms with Crippen LogP contribution in [0.25, 0.3) is 0 Å². The molecule has 0 aliphatic carbocycles. The lowest BCUT2D eigenvalue weighted by molar-refractivity contribution is -0.139. The lowest BCUT2D eigenvalue weighted by Crippen LogP contribution is -2.16. The van der Waals surface area contributed by atoms with Gasteiger partial charge in [0.05, 0.1) is 9.16 Å². The third kappa shape index (κ3) is 7.82. The number of rotatable bonds is 10. The molecule has 4 atom stereocenters. The molecule has 0 amide bonds. The summed E-state index contributed by atoms with van der Waals surface area (Å²) in [5.74, 6) is 1.40. The summed E-state index contributed by atoms with van der Waals surface area (Å²) in [6, 6.07) is 8.71. The van der Waals surface area contributed by atoms with Crippen molar-refractivity contribution in [3.8, 4) is 0 Å². The first-order chi connectivity index (χ1) is 15.3. The van der Waals surface area contributed by atoms with E-state index >= 15 is 0 Å². The fraction of sp³-hybridized carbons (Fsp3) is 0.500. The van der Waals surface area contributed by atoms with Crippen LogP contribution >= 0.6 is 47.0 Å². The summed E-state index contributed by atoms with van der Waals surface area (Å²) in [4.78, 5) is 23.3. The van der Waals surface area contributed by atoms with Gasteiger partial charge in [0.2, 0.25) is 0 Å². The van der Waals surface area contributed by atoms with Crippen molar-refractivity contribution in [3.05, 3.63) is 59.7 Å². The highest BCUT2D eigenvalue weighted by atomic mass is 32.2. The Morgan fingerprint density at radius 1 is 0.844 bits per heavy atom. The smallest absolute Gasteiger partial charge is 0.333 e. The number of hydrogen-bond acceptors (Lipinski definition) is 8. The maximum Gasteiger partial charge on any atom is 0.333 e. The zero-order chi connectivity index (χ0) is 23.1. The topological polar surface area (TPSA) is 52.6 Å². The van der Waals surface area contributed by atoms with Crippen molar-refractivity contribution in [1.29, 1.82) is 0 Å². The van der Waals surface area contributed by atoms with Crippen LogP contribution in [0, 0.1) is 0 Å². The number of hydrogen-bond donors (Lipinski definition) is 0. The van der Waals surface area contributed by atoms with Gasteiger partial charge >= 0.3 is 11.9 Å². The van der Waals surface area contributed by atoms with E-state index in [1.54, 1.807) is 13.8 Å². The molecule has 2 aliphatic heterocycles. The van der Waals surface area contributed by atoms with Crippen molar-refractivity contribution in [3.63, 3.8) is 0 Å². The molecule has 4 unspecified atom stereocenters. The molecule has 0 bridgehead atoms. The van der Waals surface area contributed by atoms with Crippen LogP contribution in [-0.2, 0) is 31.9 Å². The molecule has 4 nitrogen and oxygen atoms in total. The molecule has 2 aliphatic rings. The van der Waals surface area contributed by atoms with Crippen LogP contribution in [0.2, 0.25) is 0 Å². The molecule has 3 rings (SSSR count). The van der Waals surface area contributed by atoms with Gasteiger partial charge in [0.1, 0.15) is 13.2 Å². The minimum atomic E-state index is -0.302. The van der Waals surface area contributed by atoms with Gasteiger partial charge in [-0.15, -0.1) is 47.0 Å². The van der Waals surface area contributed by atoms with Gasteiger partial charge in [0.25, 0.3) is 0 Å². The van der Waals surface area contributed by atoms with Gasteiger partial charge in [-0.3, -0.25) is 0 Å². The second-order valence-corrected chi connectivity index (χ2v) is 14.1. The quantitative estimate of drug-likeness (QED) is 0.308. The van der Waals surface area contributed by atoms with Crippen LogP contribution in [0.4, 0.5) is 0 Å². The summed E-state index contributed by atoms with van der Waals surface area (Å²) in [5.41, 5.74) is 3.70. The zero-order valence-electron chi connectivity index (χ0n) is 18.5. The summed E-state index contributed by atoms with van der Waals surface area (Å²) < 4.78 is 11.6. The van der Waals surface area contributed by atoms with Gasteiger partial charge in [0.15, 0.2) is 0 Å². The average molecular weight is 511 g/mol. The summed E-state index contributed by atoms with van der Waals surface area (Å²) in [6.45, 7) is 11.5. The van der Waals surface area contributed by atoms with E-state index in [0.717, 1.165) is 24.3 Å². The summed E-state index contributed by atoms with van der Waals surface area (Å²) >= 11 is 7.73. The molecule has 2 fully saturated rings. The fourth-order valence-corrected chi connectivity index (χ4v) is 9.80. The van der Waals surface area contributed by atoms with Crippen molar-refractivity contribution in [2.75, 3.05) is 24.7 Å². The first-order valence-electron chi connectivity index (χ1n) is 10.6. The summed E-state index contributed by atoms with van der Waals surface area (Å²) in [5, 5.41) is 0.674. The van der Waals surface area contributed by atoms with Crippen molar-refractivity contribution < 1.29 is 19.1 Å². The third-order valence-electron chi connectivity index (χ3n) is 5.01. The lowest BCUT2D eigenvalue weighted by Gasteiger charge is -2.16. The highest BCUT2D eigenvalue weighted by Crippen LogP contribution is 2.42. The highest BCUT2D eigenvalue weighted by Gasteiger charge is 2.30. The summed E-state index contributed by atoms with van der Waals surface area (Å²) in [7, 11) is 0. The molecule has 0 radical (unpaired) electrons. The monoisotopic (exact) mass is 510 g/mol. The molecule has 0 spiro atoms. The number of benzene rings is 1. The molecule has 0 saturated carbocycles. The highest BCUT2D eigenvalue weighted by molar-refractivity contribution is 8.20. The summed E-state index contributed by atoms with van der Waals surface area (Å²) in [6.07, 6.45) is 2.02. The molecule has 1 aromatic carbocycles. The van der Waals surface area contributed by atoms with Gasteiger partial charge in [-0.05, 0) is 37.8 Å². The largest absolute Gasteiger partial charge is 0.461 e. The van der Waals surface area contributed by atoms with E-state index in [1.807, 2.05) is 47.0 Å². The second-order valence-electron chi connectivity index (χ2n) is 7.98. The number of carbonyl (C=O) groups excluding carboxylic acids is 2. The van der Waals surface area contributed by atoms with Crippen LogP contribution < -0.4 is 0 Å². The third-order valence-corrected chi connectivity index (χ3v) is 11.5. The van der Waals surface area contributed by atoms with Gasteiger partial charge in [-0.1, -0.05) is 37.4 Å². The molecule has 1 aromatic rings. The minimum Gasteiger partial charge on any atom is -0.461 e. The standard InChI is InChI=1S/C24H30O4S4/c1-15(2)23(25)27-11-19-13-29-21(31-19)9-17-7-5-6-8-18(17)10-22-30-14-20(32-22)12-28-24(26)16(3)4/h5-8,19-22H,1,3,9-14H2,2,4H3. The maximum absolute atomic E-state index is 11.6. The van der Waals surface area contributed by atoms with Crippen LogP contribution in [-0.4, -0.2) is 56.3 Å². The SMILES string of the molecule is C=C(C)C(=O)OCC1CSC(Cc2ccccc2CC2SCC(COC(=O)C(=C)C)S2)S1. The van der Waals surface area contributed by atoms with Gasteiger partial charge in [-0.25, -0.2) is 9.59 Å². The first kappa shape index (κ1) is 25.7. The zero-order valence-corrected chi connectivity index (χ0v) is 21.8. The Balaban J connectivity index is 1.47. The normalized spacial score (nSPS) is 24.8. The lowest BCUT2D eigenvalue weighted by atomic mass is 10.0. The molecular weight excluding hydrogens is 481 g/mol. The molecule has 0 aromatic heterocycles. The Labute approximate surface area is 208 Å². The Morgan fingerprint density at radius 3 is 1.62 bits per heavy atom. The van der Waals surface area contributed by atoms with Crippen LogP contribution in [0.5, 0.6) is 0 Å². The average Bonchev–Trinajstić information content (AvgIpc) is 3.40. The Bertz CT molecular complexity index is 787. The second kappa shape index (κ2) is 12.5. The van der Waals surface area contributed by atoms with E-state index < -0.39 is 0 Å². The number of thioether (sulfide) groups is 4. The predicted molar refractivity (Wildman–Crippen MR) is 141 cm³/mol. The Hall–Kier alpha value is -0.960. The van der Waals surface area contributed by atoms with Crippen molar-refractivity contribution in [2.45, 2.75) is 46.4 Å². The van der Waals surface area contributed by atoms with E-state index in [0.29, 0.717) is 44.0 Å². The fourth-order valence-electron chi connectivity index (χ4n) is 3.30.